The molecule has 26 heavy (non-hydrogen) atoms. The number of unbranched alkanes of at least 4 members (excludes halogenated alkanes) is 1. The maximum atomic E-state index is 12.4. The van der Waals surface area contributed by atoms with E-state index in [1.54, 1.807) is 4.63 Å². The molecule has 2 aromatic heterocycles. The third-order valence-electron chi connectivity index (χ3n) is 4.83. The van der Waals surface area contributed by atoms with Crippen LogP contribution in [0.4, 0.5) is 5.69 Å². The maximum absolute atomic E-state index is 12.4. The molecular weight excluding hydrogens is 326 g/mol. The van der Waals surface area contributed by atoms with Crippen molar-refractivity contribution >= 4 is 17.2 Å². The van der Waals surface area contributed by atoms with E-state index in [4.69, 9.17) is 0 Å². The van der Waals surface area contributed by atoms with Crippen LogP contribution in [0.2, 0.25) is 0 Å². The second kappa shape index (κ2) is 7.72. The molecule has 0 saturated carbocycles. The Morgan fingerprint density at radius 1 is 1.19 bits per heavy atom. The van der Waals surface area contributed by atoms with Crippen molar-refractivity contribution in [1.82, 2.24) is 19.4 Å². The number of nitrogens with one attached hydrogen (secondary N) is 1. The van der Waals surface area contributed by atoms with Gasteiger partial charge in [0.2, 0.25) is 5.91 Å². The first kappa shape index (κ1) is 18.2. The van der Waals surface area contributed by atoms with Crippen LogP contribution in [0, 0.1) is 12.8 Å². The lowest BCUT2D eigenvalue weighted by atomic mass is 9.98. The van der Waals surface area contributed by atoms with Crippen LogP contribution in [0.3, 0.4) is 0 Å². The molecular formula is C20H27N5O. The van der Waals surface area contributed by atoms with E-state index in [9.17, 15) is 4.79 Å². The van der Waals surface area contributed by atoms with Crippen molar-refractivity contribution in [3.05, 3.63) is 36.0 Å². The number of nitrogens with zero attached hydrogens (tertiary/aromatic N) is 4. The first-order valence-electron chi connectivity index (χ1n) is 9.34. The van der Waals surface area contributed by atoms with E-state index >= 15 is 0 Å². The number of aryl methyl sites for hydroxylation is 2. The summed E-state index contributed by atoms with van der Waals surface area (Å²) in [6.45, 7) is 6.18. The fourth-order valence-corrected chi connectivity index (χ4v) is 3.21. The molecule has 1 amide bonds. The topological polar surface area (TPSA) is 64.2 Å². The lowest BCUT2D eigenvalue weighted by Gasteiger charge is -2.14. The standard InChI is InChI=1S/C20H27N5O/c1-5-7-8-15(6-2)20(26)21-17-11-9-16(10-12-17)19-23-25-18(24(19)4)13-14(3)22-25/h9-13,15H,5-8H2,1-4H3,(H,21,26). The van der Waals surface area contributed by atoms with Gasteiger partial charge in [0.15, 0.2) is 11.5 Å². The number of hydrogen-bond acceptors (Lipinski definition) is 3. The average molecular weight is 353 g/mol. The molecule has 2 heterocycles. The molecule has 1 unspecified atom stereocenters. The predicted octanol–water partition coefficient (Wildman–Crippen LogP) is 4.20. The Labute approximate surface area is 154 Å². The summed E-state index contributed by atoms with van der Waals surface area (Å²) in [5.74, 6) is 1.04. The third-order valence-corrected chi connectivity index (χ3v) is 4.83. The Bertz CT molecular complexity index is 891. The summed E-state index contributed by atoms with van der Waals surface area (Å²) in [5, 5.41) is 11.9. The Hall–Kier alpha value is -2.63. The summed E-state index contributed by atoms with van der Waals surface area (Å²) in [7, 11) is 1.98. The summed E-state index contributed by atoms with van der Waals surface area (Å²) in [6, 6.07) is 9.84. The smallest absolute Gasteiger partial charge is 0.227 e. The molecule has 0 radical (unpaired) electrons. The zero-order valence-electron chi connectivity index (χ0n) is 16.0. The second-order valence-electron chi connectivity index (χ2n) is 6.83. The number of aromatic nitrogens is 4. The molecule has 0 aliphatic rings. The van der Waals surface area contributed by atoms with Crippen LogP contribution in [0.25, 0.3) is 17.0 Å². The lowest BCUT2D eigenvalue weighted by Crippen LogP contribution is -2.22. The number of benzene rings is 1. The molecule has 1 aromatic carbocycles. The summed E-state index contributed by atoms with van der Waals surface area (Å²) in [6.07, 6.45) is 4.02. The Balaban J connectivity index is 1.74. The quantitative estimate of drug-likeness (QED) is 0.692. The van der Waals surface area contributed by atoms with Crippen molar-refractivity contribution in [2.75, 3.05) is 5.32 Å². The molecule has 0 aliphatic carbocycles. The van der Waals surface area contributed by atoms with Gasteiger partial charge in [0.05, 0.1) is 5.69 Å². The van der Waals surface area contributed by atoms with Gasteiger partial charge in [-0.05, 0) is 44.0 Å². The van der Waals surface area contributed by atoms with Crippen LogP contribution in [-0.2, 0) is 11.8 Å². The van der Waals surface area contributed by atoms with E-state index in [1.165, 1.54) is 0 Å². The van der Waals surface area contributed by atoms with E-state index in [0.29, 0.717) is 0 Å². The molecule has 0 aliphatic heterocycles. The number of anilines is 1. The van der Waals surface area contributed by atoms with E-state index in [1.807, 2.05) is 48.9 Å². The number of hydrogen-bond donors (Lipinski definition) is 1. The van der Waals surface area contributed by atoms with Gasteiger partial charge in [0.25, 0.3) is 0 Å². The Morgan fingerprint density at radius 3 is 2.54 bits per heavy atom. The molecule has 0 bridgehead atoms. The molecule has 1 atom stereocenters. The molecule has 1 N–H and O–H groups in total. The summed E-state index contributed by atoms with van der Waals surface area (Å²) in [5.41, 5.74) is 3.72. The minimum absolute atomic E-state index is 0.0835. The minimum atomic E-state index is 0.0835. The zero-order chi connectivity index (χ0) is 18.7. The number of rotatable bonds is 7. The monoisotopic (exact) mass is 353 g/mol. The van der Waals surface area contributed by atoms with Crippen molar-refractivity contribution in [3.63, 3.8) is 0 Å². The normalized spacial score (nSPS) is 12.5. The van der Waals surface area contributed by atoms with Crippen molar-refractivity contribution < 1.29 is 4.79 Å². The fourth-order valence-electron chi connectivity index (χ4n) is 3.21. The zero-order valence-corrected chi connectivity index (χ0v) is 16.0. The number of carbonyl (C=O) groups is 1. The molecule has 0 spiro atoms. The highest BCUT2D eigenvalue weighted by atomic mass is 16.1. The number of carbonyl (C=O) groups excluding carboxylic acids is 1. The molecule has 3 aromatic rings. The van der Waals surface area contributed by atoms with Crippen molar-refractivity contribution in [2.24, 2.45) is 13.0 Å². The molecule has 138 valence electrons. The highest BCUT2D eigenvalue weighted by Crippen LogP contribution is 2.22. The van der Waals surface area contributed by atoms with Gasteiger partial charge in [-0.1, -0.05) is 26.7 Å². The van der Waals surface area contributed by atoms with Gasteiger partial charge < -0.3 is 9.88 Å². The highest BCUT2D eigenvalue weighted by Gasteiger charge is 2.16. The van der Waals surface area contributed by atoms with Crippen LogP contribution in [0.15, 0.2) is 30.3 Å². The van der Waals surface area contributed by atoms with Gasteiger partial charge in [0.1, 0.15) is 0 Å². The number of fused-ring (bicyclic) bond motifs is 1. The summed E-state index contributed by atoms with van der Waals surface area (Å²) < 4.78 is 3.67. The average Bonchev–Trinajstić information content (AvgIpc) is 3.14. The molecule has 0 fully saturated rings. The van der Waals surface area contributed by atoms with Crippen molar-refractivity contribution in [1.29, 1.82) is 0 Å². The van der Waals surface area contributed by atoms with Crippen LogP contribution in [-0.4, -0.2) is 25.3 Å². The molecule has 6 nitrogen and oxygen atoms in total. The van der Waals surface area contributed by atoms with Crippen molar-refractivity contribution in [2.45, 2.75) is 46.5 Å². The largest absolute Gasteiger partial charge is 0.326 e. The van der Waals surface area contributed by atoms with E-state index in [0.717, 1.165) is 54.1 Å². The van der Waals surface area contributed by atoms with E-state index in [2.05, 4.69) is 29.4 Å². The van der Waals surface area contributed by atoms with E-state index < -0.39 is 0 Å². The van der Waals surface area contributed by atoms with Gasteiger partial charge >= 0.3 is 0 Å². The van der Waals surface area contributed by atoms with Gasteiger partial charge in [-0.3, -0.25) is 4.79 Å². The Kier molecular flexibility index (Phi) is 5.40. The first-order chi connectivity index (χ1) is 12.5. The first-order valence-corrected chi connectivity index (χ1v) is 9.34. The SMILES string of the molecule is CCCCC(CC)C(=O)Nc1ccc(-c2nn3nc(C)cc3n2C)cc1. The summed E-state index contributed by atoms with van der Waals surface area (Å²) >= 11 is 0. The third kappa shape index (κ3) is 3.64. The van der Waals surface area contributed by atoms with Gasteiger partial charge in [0, 0.05) is 30.3 Å². The van der Waals surface area contributed by atoms with Crippen LogP contribution in [0.5, 0.6) is 0 Å². The van der Waals surface area contributed by atoms with Gasteiger partial charge in [-0.15, -0.1) is 9.73 Å². The van der Waals surface area contributed by atoms with Gasteiger partial charge in [-0.2, -0.15) is 5.10 Å². The Morgan fingerprint density at radius 2 is 1.92 bits per heavy atom. The fraction of sp³-hybridized carbons (Fsp3) is 0.450. The lowest BCUT2D eigenvalue weighted by molar-refractivity contribution is -0.120. The van der Waals surface area contributed by atoms with Crippen molar-refractivity contribution in [3.8, 4) is 11.4 Å². The molecule has 0 saturated heterocycles. The van der Waals surface area contributed by atoms with Crippen LogP contribution in [0.1, 0.15) is 45.2 Å². The summed E-state index contributed by atoms with van der Waals surface area (Å²) in [4.78, 5) is 12.4. The van der Waals surface area contributed by atoms with Crippen LogP contribution < -0.4 is 5.32 Å². The second-order valence-corrected chi connectivity index (χ2v) is 6.83. The molecule has 6 heteroatoms. The number of amides is 1. The van der Waals surface area contributed by atoms with Crippen LogP contribution >= 0.6 is 0 Å². The predicted molar refractivity (Wildman–Crippen MR) is 104 cm³/mol. The van der Waals surface area contributed by atoms with Gasteiger partial charge in [-0.25, -0.2) is 0 Å². The maximum Gasteiger partial charge on any atom is 0.227 e. The van der Waals surface area contributed by atoms with E-state index in [-0.39, 0.29) is 11.8 Å². The molecule has 3 rings (SSSR count). The highest BCUT2D eigenvalue weighted by molar-refractivity contribution is 5.92. The minimum Gasteiger partial charge on any atom is -0.326 e.